The van der Waals surface area contributed by atoms with E-state index in [4.69, 9.17) is 16.3 Å². The van der Waals surface area contributed by atoms with E-state index in [-0.39, 0.29) is 12.0 Å². The van der Waals surface area contributed by atoms with Gasteiger partial charge in [0.15, 0.2) is 11.4 Å². The predicted octanol–water partition coefficient (Wildman–Crippen LogP) is 3.05. The Morgan fingerprint density at radius 2 is 2.17 bits per heavy atom. The molecule has 122 valence electrons. The predicted molar refractivity (Wildman–Crippen MR) is 91.7 cm³/mol. The molecule has 1 aliphatic heterocycles. The van der Waals surface area contributed by atoms with E-state index in [0.717, 1.165) is 0 Å². The number of ether oxygens (including phenoxy) is 1. The molecular formula is C17H15ClN4O2. The first-order chi connectivity index (χ1) is 11.6. The highest BCUT2D eigenvalue weighted by Crippen LogP contribution is 2.40. The molecule has 24 heavy (non-hydrogen) atoms. The fourth-order valence-corrected chi connectivity index (χ4v) is 3.17. The van der Waals surface area contributed by atoms with Crippen LogP contribution in [0.25, 0.3) is 11.2 Å². The molecule has 0 radical (unpaired) electrons. The number of nitrogens with zero attached hydrogens (tertiary/aromatic N) is 4. The van der Waals surface area contributed by atoms with Gasteiger partial charge in [0.25, 0.3) is 5.91 Å². The number of pyridine rings is 1. The molecule has 7 heteroatoms. The molecule has 0 saturated heterocycles. The van der Waals surface area contributed by atoms with Crippen molar-refractivity contribution in [1.29, 1.82) is 0 Å². The number of hydrogen-bond donors (Lipinski definition) is 0. The molecule has 1 atom stereocenters. The molecule has 0 bridgehead atoms. The van der Waals surface area contributed by atoms with Crippen molar-refractivity contribution in [3.05, 3.63) is 47.4 Å². The number of benzene rings is 1. The summed E-state index contributed by atoms with van der Waals surface area (Å²) in [6.07, 6.45) is 3.13. The lowest BCUT2D eigenvalue weighted by Crippen LogP contribution is -2.42. The summed E-state index contributed by atoms with van der Waals surface area (Å²) >= 11 is 6.23. The summed E-state index contributed by atoms with van der Waals surface area (Å²) in [7, 11) is 1.85. The average Bonchev–Trinajstić information content (AvgIpc) is 2.96. The molecule has 0 unspecified atom stereocenters. The first kappa shape index (κ1) is 15.0. The molecule has 2 aromatic heterocycles. The van der Waals surface area contributed by atoms with Gasteiger partial charge >= 0.3 is 0 Å². The van der Waals surface area contributed by atoms with Crippen molar-refractivity contribution in [2.75, 3.05) is 11.4 Å². The van der Waals surface area contributed by atoms with Gasteiger partial charge < -0.3 is 14.2 Å². The van der Waals surface area contributed by atoms with Crippen LogP contribution in [-0.4, -0.2) is 33.1 Å². The van der Waals surface area contributed by atoms with E-state index < -0.39 is 0 Å². The molecule has 0 aliphatic carbocycles. The molecule has 0 saturated carbocycles. The number of para-hydroxylation sites is 1. The second kappa shape index (κ2) is 5.49. The molecule has 1 aliphatic rings. The Hall–Kier alpha value is -2.60. The van der Waals surface area contributed by atoms with E-state index in [0.29, 0.717) is 39.7 Å². The third-order valence-electron chi connectivity index (χ3n) is 4.07. The second-order valence-corrected chi connectivity index (χ2v) is 6.23. The van der Waals surface area contributed by atoms with Crippen LogP contribution in [0.2, 0.25) is 5.02 Å². The van der Waals surface area contributed by atoms with E-state index >= 15 is 0 Å². The zero-order chi connectivity index (χ0) is 16.8. The summed E-state index contributed by atoms with van der Waals surface area (Å²) in [4.78, 5) is 23.5. The fourth-order valence-electron chi connectivity index (χ4n) is 2.96. The molecule has 6 nitrogen and oxygen atoms in total. The minimum atomic E-state index is -0.151. The van der Waals surface area contributed by atoms with Crippen LogP contribution >= 0.6 is 11.6 Å². The summed E-state index contributed by atoms with van der Waals surface area (Å²) in [5.74, 6) is 0.400. The monoisotopic (exact) mass is 342 g/mol. The topological polar surface area (TPSA) is 60.2 Å². The van der Waals surface area contributed by atoms with Gasteiger partial charge in [-0.25, -0.2) is 9.97 Å². The van der Waals surface area contributed by atoms with Crippen LogP contribution in [0.15, 0.2) is 36.8 Å². The van der Waals surface area contributed by atoms with Crippen LogP contribution in [0.4, 0.5) is 5.69 Å². The van der Waals surface area contributed by atoms with Gasteiger partial charge in [-0.1, -0.05) is 17.7 Å². The molecule has 4 rings (SSSR count). The average molecular weight is 343 g/mol. The number of carbonyl (C=O) groups excluding carboxylic acids is 1. The minimum Gasteiger partial charge on any atom is -0.485 e. The number of amides is 1. The van der Waals surface area contributed by atoms with Gasteiger partial charge in [0, 0.05) is 13.2 Å². The van der Waals surface area contributed by atoms with Crippen molar-refractivity contribution in [3.8, 4) is 5.75 Å². The maximum absolute atomic E-state index is 13.2. The maximum atomic E-state index is 13.2. The van der Waals surface area contributed by atoms with E-state index in [1.165, 1.54) is 0 Å². The molecule has 3 heterocycles. The summed E-state index contributed by atoms with van der Waals surface area (Å²) in [6, 6.07) is 7.10. The molecule has 3 aromatic rings. The van der Waals surface area contributed by atoms with Crippen molar-refractivity contribution < 1.29 is 9.53 Å². The maximum Gasteiger partial charge on any atom is 0.260 e. The molecule has 1 aromatic carbocycles. The van der Waals surface area contributed by atoms with Gasteiger partial charge in [0.1, 0.15) is 11.6 Å². The lowest BCUT2D eigenvalue weighted by Gasteiger charge is -2.34. The van der Waals surface area contributed by atoms with Crippen molar-refractivity contribution in [2.45, 2.75) is 13.0 Å². The number of hydrogen-bond acceptors (Lipinski definition) is 4. The van der Waals surface area contributed by atoms with Crippen LogP contribution in [0.1, 0.15) is 17.3 Å². The van der Waals surface area contributed by atoms with Gasteiger partial charge in [0.2, 0.25) is 0 Å². The molecule has 0 fully saturated rings. The van der Waals surface area contributed by atoms with Gasteiger partial charge in [0.05, 0.1) is 29.1 Å². The SMILES string of the molecule is C[C@H]1CN(C(=O)c2ccnc3c2ncn3C)c2cccc(Cl)c2O1. The summed E-state index contributed by atoms with van der Waals surface area (Å²) in [5.41, 5.74) is 2.45. The van der Waals surface area contributed by atoms with Crippen molar-refractivity contribution in [1.82, 2.24) is 14.5 Å². The Morgan fingerprint density at radius 1 is 1.33 bits per heavy atom. The third kappa shape index (κ3) is 2.22. The number of carbonyl (C=O) groups is 1. The first-order valence-electron chi connectivity index (χ1n) is 7.59. The summed E-state index contributed by atoms with van der Waals surface area (Å²) in [6.45, 7) is 2.36. The zero-order valence-corrected chi connectivity index (χ0v) is 14.0. The highest BCUT2D eigenvalue weighted by Gasteiger charge is 2.31. The molecule has 0 N–H and O–H groups in total. The van der Waals surface area contributed by atoms with Crippen LogP contribution < -0.4 is 9.64 Å². The normalized spacial score (nSPS) is 16.8. The smallest absolute Gasteiger partial charge is 0.260 e. The van der Waals surface area contributed by atoms with Crippen LogP contribution in [0.5, 0.6) is 5.75 Å². The Bertz CT molecular complexity index is 953. The molecular weight excluding hydrogens is 328 g/mol. The van der Waals surface area contributed by atoms with Gasteiger partial charge in [-0.05, 0) is 25.1 Å². The number of aryl methyl sites for hydroxylation is 1. The van der Waals surface area contributed by atoms with Crippen molar-refractivity contribution in [3.63, 3.8) is 0 Å². The van der Waals surface area contributed by atoms with Crippen LogP contribution in [0, 0.1) is 0 Å². The highest BCUT2D eigenvalue weighted by molar-refractivity contribution is 6.32. The standard InChI is InChI=1S/C17H15ClN4O2/c1-10-8-22(13-5-3-4-12(18)15(13)24-10)17(23)11-6-7-19-16-14(11)20-9-21(16)2/h3-7,9-10H,8H2,1-2H3/t10-/m0/s1. The quantitative estimate of drug-likeness (QED) is 0.682. The minimum absolute atomic E-state index is 0.139. The lowest BCUT2D eigenvalue weighted by atomic mass is 10.1. The van der Waals surface area contributed by atoms with Crippen molar-refractivity contribution >= 4 is 34.4 Å². The lowest BCUT2D eigenvalue weighted by molar-refractivity contribution is 0.0962. The number of anilines is 1. The number of halogens is 1. The van der Waals surface area contributed by atoms with Gasteiger partial charge in [-0.3, -0.25) is 4.79 Å². The second-order valence-electron chi connectivity index (χ2n) is 5.82. The van der Waals surface area contributed by atoms with Gasteiger partial charge in [-0.15, -0.1) is 0 Å². The first-order valence-corrected chi connectivity index (χ1v) is 7.97. The molecule has 0 spiro atoms. The highest BCUT2D eigenvalue weighted by atomic mass is 35.5. The Morgan fingerprint density at radius 3 is 3.00 bits per heavy atom. The van der Waals surface area contributed by atoms with E-state index in [9.17, 15) is 4.79 Å². The molecule has 1 amide bonds. The fraction of sp³-hybridized carbons (Fsp3) is 0.235. The summed E-state index contributed by atoms with van der Waals surface area (Å²) in [5, 5.41) is 0.495. The van der Waals surface area contributed by atoms with E-state index in [1.807, 2.05) is 26.1 Å². The number of imidazole rings is 1. The zero-order valence-electron chi connectivity index (χ0n) is 13.2. The summed E-state index contributed by atoms with van der Waals surface area (Å²) < 4.78 is 7.60. The third-order valence-corrected chi connectivity index (χ3v) is 4.37. The Labute approximate surface area is 143 Å². The van der Waals surface area contributed by atoms with E-state index in [1.54, 1.807) is 34.1 Å². The van der Waals surface area contributed by atoms with Crippen molar-refractivity contribution in [2.24, 2.45) is 7.05 Å². The number of aromatic nitrogens is 3. The Balaban J connectivity index is 1.84. The number of fused-ring (bicyclic) bond motifs is 2. The van der Waals surface area contributed by atoms with E-state index in [2.05, 4.69) is 9.97 Å². The van der Waals surface area contributed by atoms with Crippen LogP contribution in [-0.2, 0) is 7.05 Å². The largest absolute Gasteiger partial charge is 0.485 e. The Kier molecular flexibility index (Phi) is 3.42. The van der Waals surface area contributed by atoms with Gasteiger partial charge in [-0.2, -0.15) is 0 Å². The number of rotatable bonds is 1. The van der Waals surface area contributed by atoms with Crippen LogP contribution in [0.3, 0.4) is 0 Å².